The molecule has 2 N–H and O–H groups in total. The van der Waals surface area contributed by atoms with Crippen LogP contribution >= 0.6 is 11.6 Å². The molecular formula is C16H10ClF3N2O. The first kappa shape index (κ1) is 15.4. The lowest BCUT2D eigenvalue weighted by Crippen LogP contribution is -2.19. The highest BCUT2D eigenvalue weighted by Crippen LogP contribution is 2.33. The van der Waals surface area contributed by atoms with Gasteiger partial charge in [-0.1, -0.05) is 29.8 Å². The minimum Gasteiger partial charge on any atom is -0.398 e. The van der Waals surface area contributed by atoms with Crippen molar-refractivity contribution in [3.8, 4) is 5.69 Å². The molecule has 3 aromatic rings. The Morgan fingerprint density at radius 3 is 2.39 bits per heavy atom. The summed E-state index contributed by atoms with van der Waals surface area (Å²) in [5.74, 6) is 0. The summed E-state index contributed by atoms with van der Waals surface area (Å²) in [7, 11) is 0. The van der Waals surface area contributed by atoms with Gasteiger partial charge in [0.25, 0.3) is 5.56 Å². The lowest BCUT2D eigenvalue weighted by molar-refractivity contribution is -0.137. The van der Waals surface area contributed by atoms with E-state index in [0.717, 1.165) is 16.7 Å². The molecule has 0 amide bonds. The topological polar surface area (TPSA) is 48.0 Å². The van der Waals surface area contributed by atoms with Crippen molar-refractivity contribution in [3.05, 3.63) is 69.5 Å². The number of nitrogen functional groups attached to an aromatic ring is 1. The van der Waals surface area contributed by atoms with Crippen LogP contribution in [-0.2, 0) is 6.18 Å². The van der Waals surface area contributed by atoms with Crippen molar-refractivity contribution in [3.63, 3.8) is 0 Å². The monoisotopic (exact) mass is 338 g/mol. The highest BCUT2D eigenvalue weighted by molar-refractivity contribution is 6.32. The van der Waals surface area contributed by atoms with Gasteiger partial charge < -0.3 is 5.73 Å². The molecule has 1 aromatic heterocycles. The summed E-state index contributed by atoms with van der Waals surface area (Å²) in [4.78, 5) is 12.3. The van der Waals surface area contributed by atoms with Crippen LogP contribution in [0.5, 0.6) is 0 Å². The highest BCUT2D eigenvalue weighted by atomic mass is 35.5. The molecule has 0 fully saturated rings. The van der Waals surface area contributed by atoms with E-state index in [0.29, 0.717) is 11.1 Å². The molecule has 0 aliphatic heterocycles. The van der Waals surface area contributed by atoms with Crippen LogP contribution in [0.3, 0.4) is 0 Å². The average molecular weight is 339 g/mol. The fourth-order valence-corrected chi connectivity index (χ4v) is 2.63. The van der Waals surface area contributed by atoms with E-state index >= 15 is 0 Å². The smallest absolute Gasteiger partial charge is 0.398 e. The fraction of sp³-hybridized carbons (Fsp3) is 0.0625. The van der Waals surface area contributed by atoms with Crippen LogP contribution in [0.15, 0.2) is 53.3 Å². The van der Waals surface area contributed by atoms with Crippen molar-refractivity contribution in [2.45, 2.75) is 6.18 Å². The van der Waals surface area contributed by atoms with Crippen molar-refractivity contribution in [1.82, 2.24) is 4.57 Å². The number of pyridine rings is 1. The first-order valence-corrected chi connectivity index (χ1v) is 6.94. The van der Waals surface area contributed by atoms with E-state index in [1.165, 1.54) is 12.1 Å². The van der Waals surface area contributed by atoms with Crippen molar-refractivity contribution >= 4 is 28.2 Å². The van der Waals surface area contributed by atoms with Gasteiger partial charge in [-0.2, -0.15) is 13.2 Å². The zero-order valence-corrected chi connectivity index (χ0v) is 12.3. The largest absolute Gasteiger partial charge is 0.416 e. The second-order valence-electron chi connectivity index (χ2n) is 4.95. The number of aromatic nitrogens is 1. The Kier molecular flexibility index (Phi) is 3.56. The molecule has 0 saturated carbocycles. The predicted molar refractivity (Wildman–Crippen MR) is 84.0 cm³/mol. The van der Waals surface area contributed by atoms with Gasteiger partial charge >= 0.3 is 6.18 Å². The van der Waals surface area contributed by atoms with Crippen molar-refractivity contribution in [1.29, 1.82) is 0 Å². The maximum absolute atomic E-state index is 13.0. The van der Waals surface area contributed by atoms with Crippen LogP contribution in [-0.4, -0.2) is 4.57 Å². The molecule has 0 radical (unpaired) electrons. The number of rotatable bonds is 1. The molecular weight excluding hydrogens is 329 g/mol. The summed E-state index contributed by atoms with van der Waals surface area (Å²) < 4.78 is 40.1. The molecule has 3 nitrogen and oxygen atoms in total. The third-order valence-electron chi connectivity index (χ3n) is 3.47. The Balaban J connectivity index is 2.46. The third-order valence-corrected chi connectivity index (χ3v) is 3.79. The van der Waals surface area contributed by atoms with Crippen LogP contribution < -0.4 is 11.3 Å². The van der Waals surface area contributed by atoms with Gasteiger partial charge in [0, 0.05) is 17.1 Å². The lowest BCUT2D eigenvalue weighted by atomic mass is 10.1. The van der Waals surface area contributed by atoms with Crippen LogP contribution in [0, 0.1) is 0 Å². The Labute approximate surface area is 133 Å². The lowest BCUT2D eigenvalue weighted by Gasteiger charge is -2.15. The first-order chi connectivity index (χ1) is 10.8. The van der Waals surface area contributed by atoms with E-state index in [1.54, 1.807) is 24.3 Å². The molecule has 1 heterocycles. The van der Waals surface area contributed by atoms with Gasteiger partial charge in [-0.3, -0.25) is 9.36 Å². The minimum atomic E-state index is -4.53. The van der Waals surface area contributed by atoms with E-state index in [9.17, 15) is 18.0 Å². The average Bonchev–Trinajstić information content (AvgIpc) is 2.47. The maximum Gasteiger partial charge on any atom is 0.416 e. The molecule has 0 saturated heterocycles. The van der Waals surface area contributed by atoms with E-state index < -0.39 is 17.3 Å². The minimum absolute atomic E-state index is 0.0536. The van der Waals surface area contributed by atoms with Gasteiger partial charge in [0.2, 0.25) is 0 Å². The van der Waals surface area contributed by atoms with E-state index in [2.05, 4.69) is 0 Å². The third kappa shape index (κ3) is 2.66. The maximum atomic E-state index is 13.0. The van der Waals surface area contributed by atoms with Gasteiger partial charge in [0.15, 0.2) is 0 Å². The van der Waals surface area contributed by atoms with Crippen molar-refractivity contribution in [2.75, 3.05) is 5.73 Å². The second kappa shape index (κ2) is 5.31. The van der Waals surface area contributed by atoms with Gasteiger partial charge in [-0.25, -0.2) is 0 Å². The summed E-state index contributed by atoms with van der Waals surface area (Å²) in [6.07, 6.45) is -4.53. The molecule has 23 heavy (non-hydrogen) atoms. The molecule has 0 unspecified atom stereocenters. The van der Waals surface area contributed by atoms with Crippen LogP contribution in [0.25, 0.3) is 16.6 Å². The molecule has 118 valence electrons. The molecule has 2 aromatic carbocycles. The normalized spacial score (nSPS) is 11.8. The van der Waals surface area contributed by atoms with Gasteiger partial charge in [-0.15, -0.1) is 0 Å². The number of hydrogen-bond donors (Lipinski definition) is 1. The van der Waals surface area contributed by atoms with Gasteiger partial charge in [-0.05, 0) is 24.3 Å². The van der Waals surface area contributed by atoms with Crippen LogP contribution in [0.2, 0.25) is 5.02 Å². The van der Waals surface area contributed by atoms with E-state index in [1.807, 2.05) is 0 Å². The summed E-state index contributed by atoms with van der Waals surface area (Å²) in [6.45, 7) is 0. The number of hydrogen-bond acceptors (Lipinski definition) is 2. The van der Waals surface area contributed by atoms with Gasteiger partial charge in [0.05, 0.1) is 21.8 Å². The van der Waals surface area contributed by atoms with Crippen molar-refractivity contribution < 1.29 is 13.2 Å². The van der Waals surface area contributed by atoms with Gasteiger partial charge in [0.1, 0.15) is 0 Å². The number of nitrogens with two attached hydrogens (primary N) is 1. The Morgan fingerprint density at radius 1 is 1.04 bits per heavy atom. The Morgan fingerprint density at radius 2 is 1.74 bits per heavy atom. The fourth-order valence-electron chi connectivity index (χ4n) is 2.41. The molecule has 0 aliphatic rings. The predicted octanol–water partition coefficient (Wildman–Crippen LogP) is 4.25. The van der Waals surface area contributed by atoms with Crippen molar-refractivity contribution in [2.24, 2.45) is 0 Å². The molecule has 0 bridgehead atoms. The van der Waals surface area contributed by atoms with Crippen LogP contribution in [0.4, 0.5) is 18.9 Å². The Bertz CT molecular complexity index is 964. The molecule has 0 spiro atoms. The number of benzene rings is 2. The Hall–Kier alpha value is -2.47. The number of alkyl halides is 3. The SMILES string of the molecule is Nc1cc(=O)n(-c2ccccc2Cl)c2cc(C(F)(F)F)ccc12. The van der Waals surface area contributed by atoms with Crippen LogP contribution in [0.1, 0.15) is 5.56 Å². The van der Waals surface area contributed by atoms with E-state index in [-0.39, 0.29) is 16.2 Å². The zero-order chi connectivity index (χ0) is 16.8. The number of nitrogens with zero attached hydrogens (tertiary/aromatic N) is 1. The number of para-hydroxylation sites is 1. The number of anilines is 1. The highest BCUT2D eigenvalue weighted by Gasteiger charge is 2.31. The summed E-state index contributed by atoms with van der Waals surface area (Å²) in [6, 6.07) is 10.7. The molecule has 7 heteroatoms. The molecule has 0 atom stereocenters. The quantitative estimate of drug-likeness (QED) is 0.721. The summed E-state index contributed by atoms with van der Waals surface area (Å²) in [5, 5.41) is 0.593. The molecule has 0 aliphatic carbocycles. The first-order valence-electron chi connectivity index (χ1n) is 6.56. The zero-order valence-electron chi connectivity index (χ0n) is 11.6. The van der Waals surface area contributed by atoms with E-state index in [4.69, 9.17) is 17.3 Å². The molecule has 3 rings (SSSR count). The standard InChI is InChI=1S/C16H10ClF3N2O/c17-11-3-1-2-4-13(11)22-14-7-9(16(18,19)20)5-6-10(14)12(21)8-15(22)23/h1-8H,21H2. The number of fused-ring (bicyclic) bond motifs is 1. The number of halogens is 4. The summed E-state index contributed by atoms with van der Waals surface area (Å²) in [5.41, 5.74) is 4.82. The summed E-state index contributed by atoms with van der Waals surface area (Å²) >= 11 is 6.09. The second-order valence-corrected chi connectivity index (χ2v) is 5.36.